The van der Waals surface area contributed by atoms with Crippen molar-refractivity contribution in [3.05, 3.63) is 89.1 Å². The third-order valence-corrected chi connectivity index (χ3v) is 8.24. The third kappa shape index (κ3) is 10.6. The van der Waals surface area contributed by atoms with Crippen LogP contribution in [0, 0.1) is 11.7 Å². The van der Waals surface area contributed by atoms with Gasteiger partial charge in [0.25, 0.3) is 0 Å². The van der Waals surface area contributed by atoms with E-state index >= 15 is 0 Å². The summed E-state index contributed by atoms with van der Waals surface area (Å²) in [6.45, 7) is 0.976. The van der Waals surface area contributed by atoms with Gasteiger partial charge in [-0.05, 0) is 78.8 Å². The van der Waals surface area contributed by atoms with Crippen molar-refractivity contribution >= 4 is 69.6 Å². The number of hydrogen-bond donors (Lipinski definition) is 4. The van der Waals surface area contributed by atoms with Crippen molar-refractivity contribution in [3.8, 4) is 0 Å². The van der Waals surface area contributed by atoms with Gasteiger partial charge in [-0.2, -0.15) is 31.3 Å². The van der Waals surface area contributed by atoms with Crippen LogP contribution in [0.4, 0.5) is 70.0 Å². The molecule has 4 N–H and O–H groups in total. The first-order valence-corrected chi connectivity index (χ1v) is 16.3. The standard InChI is InChI=1S/C30H28ClFN8O2.C4F6O2/c31-25-16-34-29-36-24-10-18(14-33-15-24)4-5-20-12-23(35-28(25)39-29)6-7-26(20)38-27(41)11-19-8-9-40(17-19)30(42)37-22-3-1-2-21(32)13-22;5-3(6,7)1(11)2(12)4(8,9)10/h1-3,6-7,10,12-16,19H,4-5,8-9,11,17H2,(H,37,42)(H,38,41)(H2,34,35,36,39);/t19-;/m1./s1. The van der Waals surface area contributed by atoms with E-state index < -0.39 is 29.7 Å². The number of ketones is 2. The highest BCUT2D eigenvalue weighted by Gasteiger charge is 2.54. The van der Waals surface area contributed by atoms with E-state index in [2.05, 4.69) is 36.2 Å². The average molecular weight is 781 g/mol. The van der Waals surface area contributed by atoms with Gasteiger partial charge in [-0.1, -0.05) is 17.7 Å². The zero-order valence-corrected chi connectivity index (χ0v) is 28.4. The second kappa shape index (κ2) is 16.4. The van der Waals surface area contributed by atoms with Gasteiger partial charge in [0.1, 0.15) is 10.8 Å². The number of nitrogens with zero attached hydrogens (tertiary/aromatic N) is 4. The smallest absolute Gasteiger partial charge is 0.339 e. The minimum absolute atomic E-state index is 0.0182. The molecule has 54 heavy (non-hydrogen) atoms. The van der Waals surface area contributed by atoms with Crippen LogP contribution >= 0.6 is 11.6 Å². The molecule has 0 unspecified atom stereocenters. The van der Waals surface area contributed by atoms with E-state index in [1.165, 1.54) is 18.3 Å². The number of likely N-dealkylation sites (tertiary alicyclic amines) is 1. The molecule has 0 spiro atoms. The Labute approximate surface area is 306 Å². The fourth-order valence-corrected chi connectivity index (χ4v) is 5.56. The minimum atomic E-state index is -5.77. The summed E-state index contributed by atoms with van der Waals surface area (Å²) in [5, 5.41) is 12.6. The predicted octanol–water partition coefficient (Wildman–Crippen LogP) is 7.38. The summed E-state index contributed by atoms with van der Waals surface area (Å²) in [6.07, 6.45) is -4.15. The van der Waals surface area contributed by atoms with Crippen LogP contribution < -0.4 is 21.3 Å². The van der Waals surface area contributed by atoms with Crippen molar-refractivity contribution in [2.45, 2.75) is 38.0 Å². The van der Waals surface area contributed by atoms with Crippen molar-refractivity contribution in [1.29, 1.82) is 0 Å². The molecule has 12 nitrogen and oxygen atoms in total. The molecule has 0 aliphatic carbocycles. The van der Waals surface area contributed by atoms with Crippen molar-refractivity contribution in [3.63, 3.8) is 0 Å². The van der Waals surface area contributed by atoms with E-state index in [0.29, 0.717) is 54.8 Å². The van der Waals surface area contributed by atoms with Crippen LogP contribution in [0.5, 0.6) is 0 Å². The van der Waals surface area contributed by atoms with E-state index in [4.69, 9.17) is 11.6 Å². The average Bonchev–Trinajstić information content (AvgIpc) is 3.57. The highest BCUT2D eigenvalue weighted by Crippen LogP contribution is 2.30. The van der Waals surface area contributed by atoms with Gasteiger partial charge in [0.15, 0.2) is 5.82 Å². The van der Waals surface area contributed by atoms with Crippen LogP contribution in [-0.2, 0) is 27.2 Å². The van der Waals surface area contributed by atoms with Crippen molar-refractivity contribution in [2.24, 2.45) is 5.92 Å². The predicted molar refractivity (Wildman–Crippen MR) is 182 cm³/mol. The minimum Gasteiger partial charge on any atom is -0.339 e. The number of nitrogens with one attached hydrogen (secondary N) is 4. The Balaban J connectivity index is 0.000000404. The number of hydrogen-bond acceptors (Lipinski definition) is 9. The summed E-state index contributed by atoms with van der Waals surface area (Å²) >= 11 is 6.36. The Kier molecular flexibility index (Phi) is 12.0. The van der Waals surface area contributed by atoms with Gasteiger partial charge in [0.05, 0.1) is 18.1 Å². The van der Waals surface area contributed by atoms with Crippen LogP contribution in [0.3, 0.4) is 0 Å². The van der Waals surface area contributed by atoms with Gasteiger partial charge in [0, 0.05) is 42.8 Å². The number of rotatable bonds is 5. The fraction of sp³-hybridized carbons (Fsp3) is 0.265. The number of carbonyl (C=O) groups is 4. The van der Waals surface area contributed by atoms with Crippen LogP contribution in [0.25, 0.3) is 0 Å². The third-order valence-electron chi connectivity index (χ3n) is 7.96. The second-order valence-corrected chi connectivity index (χ2v) is 12.4. The molecule has 3 amide bonds. The number of pyridine rings is 1. The lowest BCUT2D eigenvalue weighted by molar-refractivity contribution is -0.193. The Hall–Kier alpha value is -5.85. The van der Waals surface area contributed by atoms with Crippen LogP contribution in [0.1, 0.15) is 24.0 Å². The molecule has 2 aliphatic rings. The molecule has 0 radical (unpaired) electrons. The lowest BCUT2D eigenvalue weighted by atomic mass is 10.0. The van der Waals surface area contributed by atoms with E-state index in [0.717, 1.165) is 28.2 Å². The maximum Gasteiger partial charge on any atom is 0.458 e. The normalized spacial score (nSPS) is 15.1. The maximum absolute atomic E-state index is 13.5. The lowest BCUT2D eigenvalue weighted by Gasteiger charge is -2.18. The SMILES string of the molecule is O=C(C(=O)C(F)(F)F)C(F)(F)F.O=C(C[C@H]1CCN(C(=O)Nc2cccc(F)c2)C1)Nc1ccc2cc1CCc1cncc(c1)Nc1ncc(Cl)c(n1)N2. The van der Waals surface area contributed by atoms with Gasteiger partial charge in [-0.3, -0.25) is 19.4 Å². The number of carbonyl (C=O) groups excluding carboxylic acids is 4. The van der Waals surface area contributed by atoms with Crippen molar-refractivity contribution in [2.75, 3.05) is 34.4 Å². The Morgan fingerprint density at radius 2 is 1.61 bits per heavy atom. The molecule has 2 aromatic heterocycles. The zero-order valence-electron chi connectivity index (χ0n) is 27.6. The fourth-order valence-electron chi connectivity index (χ4n) is 5.43. The number of Topliss-reactive ketones (excluding diaryl/α,β-unsaturated/α-hetero) is 2. The second-order valence-electron chi connectivity index (χ2n) is 12.0. The highest BCUT2D eigenvalue weighted by atomic mass is 35.5. The van der Waals surface area contributed by atoms with Gasteiger partial charge in [0.2, 0.25) is 11.9 Å². The van der Waals surface area contributed by atoms with Crippen molar-refractivity contribution < 1.29 is 49.9 Å². The molecular weight excluding hydrogens is 753 g/mol. The first kappa shape index (κ1) is 39.4. The number of alkyl halides is 6. The molecule has 4 heterocycles. The molecule has 6 rings (SSSR count). The van der Waals surface area contributed by atoms with Gasteiger partial charge >= 0.3 is 30.0 Å². The molecule has 4 aromatic rings. The Morgan fingerprint density at radius 1 is 0.870 bits per heavy atom. The Bertz CT molecular complexity index is 2040. The first-order chi connectivity index (χ1) is 25.4. The van der Waals surface area contributed by atoms with Crippen LogP contribution in [-0.4, -0.2) is 68.8 Å². The first-order valence-electron chi connectivity index (χ1n) is 15.9. The van der Waals surface area contributed by atoms with E-state index in [-0.39, 0.29) is 24.3 Å². The summed E-state index contributed by atoms with van der Waals surface area (Å²) in [4.78, 5) is 59.8. The number of fused-ring (bicyclic) bond motifs is 6. The number of benzene rings is 2. The molecule has 20 heteroatoms. The number of amides is 3. The largest absolute Gasteiger partial charge is 0.458 e. The quantitative estimate of drug-likeness (QED) is 0.120. The Morgan fingerprint density at radius 3 is 2.31 bits per heavy atom. The number of halogens is 8. The molecule has 1 atom stereocenters. The molecular formula is C34H28ClF7N8O4. The van der Waals surface area contributed by atoms with E-state index in [9.17, 15) is 49.9 Å². The molecule has 6 bridgehead atoms. The van der Waals surface area contributed by atoms with E-state index in [1.807, 2.05) is 30.5 Å². The molecule has 0 saturated carbocycles. The summed E-state index contributed by atoms with van der Waals surface area (Å²) in [5.41, 5.74) is 4.61. The molecule has 284 valence electrons. The molecule has 1 fully saturated rings. The summed E-state index contributed by atoms with van der Waals surface area (Å²) in [5.74, 6) is -6.49. The van der Waals surface area contributed by atoms with Crippen LogP contribution in [0.15, 0.2) is 67.1 Å². The highest BCUT2D eigenvalue weighted by molar-refractivity contribution is 6.41. The summed E-state index contributed by atoms with van der Waals surface area (Å²) in [7, 11) is 0. The monoisotopic (exact) mass is 780 g/mol. The lowest BCUT2D eigenvalue weighted by Crippen LogP contribution is -2.39. The zero-order chi connectivity index (χ0) is 39.2. The number of anilines is 6. The molecule has 2 aromatic carbocycles. The summed E-state index contributed by atoms with van der Waals surface area (Å²) in [6, 6.07) is 13.2. The number of aromatic nitrogens is 3. The summed E-state index contributed by atoms with van der Waals surface area (Å²) < 4.78 is 80.4. The topological polar surface area (TPSA) is 158 Å². The maximum atomic E-state index is 13.5. The van der Waals surface area contributed by atoms with Gasteiger partial charge < -0.3 is 26.2 Å². The van der Waals surface area contributed by atoms with Crippen LogP contribution in [0.2, 0.25) is 5.02 Å². The van der Waals surface area contributed by atoms with Gasteiger partial charge in [-0.25, -0.2) is 14.2 Å². The van der Waals surface area contributed by atoms with E-state index in [1.54, 1.807) is 23.2 Å². The number of aryl methyl sites for hydroxylation is 2. The molecule has 2 aliphatic heterocycles. The van der Waals surface area contributed by atoms with Gasteiger partial charge in [-0.15, -0.1) is 0 Å². The van der Waals surface area contributed by atoms with Crippen molar-refractivity contribution in [1.82, 2.24) is 19.9 Å². The number of urea groups is 1. The molecule has 1 saturated heterocycles.